The van der Waals surface area contributed by atoms with Crippen LogP contribution in [0.5, 0.6) is 11.5 Å². The minimum atomic E-state index is -0.234. The molecule has 0 unspecified atom stereocenters. The third-order valence-corrected chi connectivity index (χ3v) is 4.84. The number of nitrogens with zero attached hydrogens (tertiary/aromatic N) is 2. The van der Waals surface area contributed by atoms with Gasteiger partial charge in [-0.15, -0.1) is 0 Å². The zero-order valence-corrected chi connectivity index (χ0v) is 17.4. The van der Waals surface area contributed by atoms with Gasteiger partial charge in [0.1, 0.15) is 6.61 Å². The highest BCUT2D eigenvalue weighted by molar-refractivity contribution is 6.04. The molecule has 1 N–H and O–H groups in total. The number of aromatic nitrogens is 2. The standard InChI is InChI=1S/C25H23N3O3/c1-18-13-14-26-28(18)22-10-6-9-21(16-22)27-25(29)20-11-12-23(24(15-20)30-2)31-17-19-7-4-3-5-8-19/h3-16H,17H2,1-2H3,(H,27,29). The minimum Gasteiger partial charge on any atom is -0.493 e. The maximum atomic E-state index is 12.8. The molecule has 31 heavy (non-hydrogen) atoms. The van der Waals surface area contributed by atoms with Crippen LogP contribution in [0, 0.1) is 6.92 Å². The van der Waals surface area contributed by atoms with E-state index in [2.05, 4.69) is 10.4 Å². The molecular weight excluding hydrogens is 390 g/mol. The van der Waals surface area contributed by atoms with Gasteiger partial charge < -0.3 is 14.8 Å². The molecule has 0 aliphatic carbocycles. The Morgan fingerprint density at radius 2 is 1.81 bits per heavy atom. The highest BCUT2D eigenvalue weighted by Gasteiger charge is 2.12. The van der Waals surface area contributed by atoms with Crippen molar-refractivity contribution in [3.63, 3.8) is 0 Å². The maximum absolute atomic E-state index is 12.8. The molecule has 1 aromatic heterocycles. The number of amides is 1. The number of carbonyl (C=O) groups is 1. The minimum absolute atomic E-state index is 0.234. The number of hydrogen-bond donors (Lipinski definition) is 1. The Morgan fingerprint density at radius 3 is 2.55 bits per heavy atom. The molecule has 6 nitrogen and oxygen atoms in total. The third-order valence-electron chi connectivity index (χ3n) is 4.84. The average molecular weight is 413 g/mol. The Morgan fingerprint density at radius 1 is 0.968 bits per heavy atom. The SMILES string of the molecule is COc1cc(C(=O)Nc2cccc(-n3nccc3C)c2)ccc1OCc1ccccc1. The van der Waals surface area contributed by atoms with Crippen LogP contribution < -0.4 is 14.8 Å². The molecule has 3 aromatic carbocycles. The fourth-order valence-electron chi connectivity index (χ4n) is 3.22. The van der Waals surface area contributed by atoms with E-state index in [-0.39, 0.29) is 5.91 Å². The zero-order chi connectivity index (χ0) is 21.6. The molecule has 0 fully saturated rings. The number of aryl methyl sites for hydroxylation is 1. The summed E-state index contributed by atoms with van der Waals surface area (Å²) < 4.78 is 13.1. The van der Waals surface area contributed by atoms with Crippen LogP contribution in [0.4, 0.5) is 5.69 Å². The van der Waals surface area contributed by atoms with E-state index in [0.29, 0.717) is 29.4 Å². The van der Waals surface area contributed by atoms with Gasteiger partial charge in [-0.3, -0.25) is 4.79 Å². The number of ether oxygens (including phenoxy) is 2. The van der Waals surface area contributed by atoms with Gasteiger partial charge in [-0.1, -0.05) is 36.4 Å². The van der Waals surface area contributed by atoms with Gasteiger partial charge in [0.15, 0.2) is 11.5 Å². The molecule has 1 amide bonds. The first-order valence-electron chi connectivity index (χ1n) is 9.91. The van der Waals surface area contributed by atoms with Crippen LogP contribution in [-0.2, 0) is 6.61 Å². The second-order valence-electron chi connectivity index (χ2n) is 7.03. The summed E-state index contributed by atoms with van der Waals surface area (Å²) in [6, 6.07) is 24.5. The van der Waals surface area contributed by atoms with E-state index in [9.17, 15) is 4.79 Å². The van der Waals surface area contributed by atoms with Gasteiger partial charge in [0.2, 0.25) is 0 Å². The fraction of sp³-hybridized carbons (Fsp3) is 0.120. The molecule has 156 valence electrons. The number of carbonyl (C=O) groups excluding carboxylic acids is 1. The van der Waals surface area contributed by atoms with E-state index in [0.717, 1.165) is 16.9 Å². The van der Waals surface area contributed by atoms with Crippen molar-refractivity contribution in [2.75, 3.05) is 12.4 Å². The van der Waals surface area contributed by atoms with Crippen LogP contribution in [0.15, 0.2) is 85.1 Å². The molecule has 0 saturated heterocycles. The van der Waals surface area contributed by atoms with Crippen molar-refractivity contribution in [1.82, 2.24) is 9.78 Å². The molecule has 0 bridgehead atoms. The lowest BCUT2D eigenvalue weighted by molar-refractivity contribution is 0.102. The summed E-state index contributed by atoms with van der Waals surface area (Å²) in [6.45, 7) is 2.40. The van der Waals surface area contributed by atoms with Crippen molar-refractivity contribution in [3.05, 3.63) is 102 Å². The molecule has 1 heterocycles. The number of hydrogen-bond acceptors (Lipinski definition) is 4. The van der Waals surface area contributed by atoms with Crippen molar-refractivity contribution in [3.8, 4) is 17.2 Å². The van der Waals surface area contributed by atoms with Gasteiger partial charge >= 0.3 is 0 Å². The fourth-order valence-corrected chi connectivity index (χ4v) is 3.22. The number of anilines is 1. The van der Waals surface area contributed by atoms with E-state index in [4.69, 9.17) is 9.47 Å². The van der Waals surface area contributed by atoms with Crippen molar-refractivity contribution in [1.29, 1.82) is 0 Å². The van der Waals surface area contributed by atoms with Gasteiger partial charge in [0.05, 0.1) is 12.8 Å². The first-order chi connectivity index (χ1) is 15.1. The summed E-state index contributed by atoms with van der Waals surface area (Å²) in [5.74, 6) is 0.853. The van der Waals surface area contributed by atoms with E-state index in [1.54, 1.807) is 31.5 Å². The molecule has 0 aliphatic heterocycles. The van der Waals surface area contributed by atoms with Gasteiger partial charge in [-0.2, -0.15) is 5.10 Å². The molecule has 0 spiro atoms. The van der Waals surface area contributed by atoms with Crippen LogP contribution in [-0.4, -0.2) is 22.8 Å². The topological polar surface area (TPSA) is 65.4 Å². The lowest BCUT2D eigenvalue weighted by Gasteiger charge is -2.13. The van der Waals surface area contributed by atoms with Gasteiger partial charge in [-0.25, -0.2) is 4.68 Å². The van der Waals surface area contributed by atoms with Crippen LogP contribution in [0.1, 0.15) is 21.6 Å². The molecule has 0 atom stereocenters. The van der Waals surface area contributed by atoms with Gasteiger partial charge in [-0.05, 0) is 55.0 Å². The van der Waals surface area contributed by atoms with E-state index in [1.165, 1.54) is 0 Å². The Labute approximate surface area is 181 Å². The molecule has 0 saturated carbocycles. The van der Waals surface area contributed by atoms with Crippen molar-refractivity contribution < 1.29 is 14.3 Å². The van der Waals surface area contributed by atoms with Crippen LogP contribution >= 0.6 is 0 Å². The lowest BCUT2D eigenvalue weighted by atomic mass is 10.1. The van der Waals surface area contributed by atoms with Crippen molar-refractivity contribution in [2.24, 2.45) is 0 Å². The zero-order valence-electron chi connectivity index (χ0n) is 17.4. The van der Waals surface area contributed by atoms with Crippen LogP contribution in [0.25, 0.3) is 5.69 Å². The second kappa shape index (κ2) is 9.17. The maximum Gasteiger partial charge on any atom is 0.255 e. The summed E-state index contributed by atoms with van der Waals surface area (Å²) in [5.41, 5.74) is 4.10. The lowest BCUT2D eigenvalue weighted by Crippen LogP contribution is -2.12. The van der Waals surface area contributed by atoms with Gasteiger partial charge in [0.25, 0.3) is 5.91 Å². The molecule has 4 rings (SSSR count). The van der Waals surface area contributed by atoms with E-state index in [1.807, 2.05) is 72.3 Å². The average Bonchev–Trinajstić information content (AvgIpc) is 3.24. The third kappa shape index (κ3) is 4.75. The summed E-state index contributed by atoms with van der Waals surface area (Å²) in [4.78, 5) is 12.8. The normalized spacial score (nSPS) is 10.5. The molecule has 0 radical (unpaired) electrons. The Kier molecular flexibility index (Phi) is 5.98. The number of benzene rings is 3. The number of methoxy groups -OCH3 is 1. The quantitative estimate of drug-likeness (QED) is 0.462. The Balaban J connectivity index is 1.48. The highest BCUT2D eigenvalue weighted by Crippen LogP contribution is 2.29. The van der Waals surface area contributed by atoms with E-state index >= 15 is 0 Å². The predicted octanol–water partition coefficient (Wildman–Crippen LogP) is 5.02. The second-order valence-corrected chi connectivity index (χ2v) is 7.03. The first-order valence-corrected chi connectivity index (χ1v) is 9.91. The molecule has 6 heteroatoms. The largest absolute Gasteiger partial charge is 0.493 e. The van der Waals surface area contributed by atoms with Crippen molar-refractivity contribution >= 4 is 11.6 Å². The number of rotatable bonds is 7. The molecule has 4 aromatic rings. The summed E-state index contributed by atoms with van der Waals surface area (Å²) >= 11 is 0. The Hall–Kier alpha value is -4.06. The smallest absolute Gasteiger partial charge is 0.255 e. The monoisotopic (exact) mass is 413 g/mol. The molecule has 0 aliphatic rings. The van der Waals surface area contributed by atoms with Crippen LogP contribution in [0.3, 0.4) is 0 Å². The summed E-state index contributed by atoms with van der Waals surface area (Å²) in [6.07, 6.45) is 1.74. The molecular formula is C25H23N3O3. The Bertz CT molecular complexity index is 1190. The van der Waals surface area contributed by atoms with Crippen molar-refractivity contribution in [2.45, 2.75) is 13.5 Å². The van der Waals surface area contributed by atoms with E-state index < -0.39 is 0 Å². The highest BCUT2D eigenvalue weighted by atomic mass is 16.5. The number of nitrogens with one attached hydrogen (secondary N) is 1. The van der Waals surface area contributed by atoms with Gasteiger partial charge in [0, 0.05) is 23.1 Å². The predicted molar refractivity (Wildman–Crippen MR) is 120 cm³/mol. The van der Waals surface area contributed by atoms with Crippen LogP contribution in [0.2, 0.25) is 0 Å². The first kappa shape index (κ1) is 20.2. The summed E-state index contributed by atoms with van der Waals surface area (Å²) in [7, 11) is 1.56. The summed E-state index contributed by atoms with van der Waals surface area (Å²) in [5, 5.41) is 7.24.